The van der Waals surface area contributed by atoms with Gasteiger partial charge in [0, 0.05) is 4.88 Å². The van der Waals surface area contributed by atoms with Gasteiger partial charge in [-0.15, -0.1) is 11.3 Å². The molecular weight excluding hydrogens is 310 g/mol. The van der Waals surface area contributed by atoms with E-state index in [1.807, 2.05) is 23.6 Å². The molecule has 1 atom stereocenters. The molecule has 3 rings (SSSR count). The number of ether oxygens (including phenoxy) is 2. The number of fused-ring (bicyclic) bond motifs is 1. The lowest BCUT2D eigenvalue weighted by Gasteiger charge is -2.25. The second-order valence-electron chi connectivity index (χ2n) is 5.58. The number of thiophene rings is 1. The molecule has 1 amide bonds. The van der Waals surface area contributed by atoms with Crippen molar-refractivity contribution < 1.29 is 14.3 Å². The summed E-state index contributed by atoms with van der Waals surface area (Å²) < 4.78 is 10.8. The lowest BCUT2D eigenvalue weighted by Crippen LogP contribution is -2.33. The summed E-state index contributed by atoms with van der Waals surface area (Å²) in [6.07, 6.45) is 2.04. The van der Waals surface area contributed by atoms with Gasteiger partial charge in [0.1, 0.15) is 0 Å². The van der Waals surface area contributed by atoms with Gasteiger partial charge in [-0.2, -0.15) is 0 Å². The summed E-state index contributed by atoms with van der Waals surface area (Å²) >= 11 is 1.68. The number of carbonyl (C=O) groups excluding carboxylic acids is 1. The van der Waals surface area contributed by atoms with Crippen LogP contribution in [0.15, 0.2) is 35.7 Å². The van der Waals surface area contributed by atoms with Crippen molar-refractivity contribution in [3.05, 3.63) is 46.2 Å². The van der Waals surface area contributed by atoms with Crippen molar-refractivity contribution in [3.8, 4) is 11.5 Å². The third-order valence-corrected chi connectivity index (χ3v) is 5.25. The number of carbonyl (C=O) groups is 1. The Balaban J connectivity index is 1.86. The molecule has 1 aliphatic heterocycles. The molecule has 1 N–H and O–H groups in total. The van der Waals surface area contributed by atoms with Crippen LogP contribution in [0.5, 0.6) is 11.5 Å². The smallest absolute Gasteiger partial charge is 0.255 e. The third kappa shape index (κ3) is 3.20. The van der Waals surface area contributed by atoms with E-state index in [4.69, 9.17) is 9.47 Å². The van der Waals surface area contributed by atoms with Crippen molar-refractivity contribution in [2.45, 2.75) is 32.7 Å². The topological polar surface area (TPSA) is 47.6 Å². The average Bonchev–Trinajstić information content (AvgIpc) is 3.25. The first-order chi connectivity index (χ1) is 11.2. The highest BCUT2D eigenvalue weighted by molar-refractivity contribution is 7.10. The predicted molar refractivity (Wildman–Crippen MR) is 91.2 cm³/mol. The maximum absolute atomic E-state index is 12.8. The van der Waals surface area contributed by atoms with Gasteiger partial charge in [0.15, 0.2) is 11.5 Å². The average molecular weight is 331 g/mol. The van der Waals surface area contributed by atoms with Crippen LogP contribution in [-0.2, 0) is 0 Å². The second kappa shape index (κ2) is 7.04. The van der Waals surface area contributed by atoms with Crippen LogP contribution in [0.3, 0.4) is 0 Å². The maximum atomic E-state index is 12.8. The van der Waals surface area contributed by atoms with Crippen LogP contribution in [0.25, 0.3) is 0 Å². The predicted octanol–water partition coefficient (Wildman–Crippen LogP) is 4.38. The summed E-state index contributed by atoms with van der Waals surface area (Å²) in [5.41, 5.74) is 0.535. The quantitative estimate of drug-likeness (QED) is 0.854. The number of hydrogen-bond donors (Lipinski definition) is 1. The Morgan fingerprint density at radius 1 is 1.22 bits per heavy atom. The summed E-state index contributed by atoms with van der Waals surface area (Å²) in [5, 5.41) is 5.25. The van der Waals surface area contributed by atoms with Gasteiger partial charge >= 0.3 is 0 Å². The molecule has 2 aromatic rings. The summed E-state index contributed by atoms with van der Waals surface area (Å²) in [5.74, 6) is 1.47. The first-order valence-electron chi connectivity index (χ1n) is 7.97. The Morgan fingerprint density at radius 3 is 2.74 bits per heavy atom. The van der Waals surface area contributed by atoms with E-state index in [0.29, 0.717) is 23.0 Å². The zero-order valence-corrected chi connectivity index (χ0v) is 14.2. The van der Waals surface area contributed by atoms with Gasteiger partial charge in [-0.25, -0.2) is 0 Å². The van der Waals surface area contributed by atoms with Gasteiger partial charge in [-0.1, -0.05) is 38.8 Å². The molecule has 0 spiro atoms. The summed E-state index contributed by atoms with van der Waals surface area (Å²) in [7, 11) is 0. The molecule has 0 radical (unpaired) electrons. The van der Waals surface area contributed by atoms with E-state index >= 15 is 0 Å². The Morgan fingerprint density at radius 2 is 2.04 bits per heavy atom. The molecule has 23 heavy (non-hydrogen) atoms. The molecule has 0 aliphatic carbocycles. The highest BCUT2D eigenvalue weighted by Gasteiger charge is 2.27. The molecule has 1 aromatic carbocycles. The zero-order valence-electron chi connectivity index (χ0n) is 13.4. The first kappa shape index (κ1) is 15.9. The van der Waals surface area contributed by atoms with Crippen molar-refractivity contribution in [2.75, 3.05) is 6.79 Å². The van der Waals surface area contributed by atoms with Gasteiger partial charge in [0.2, 0.25) is 6.79 Å². The monoisotopic (exact) mass is 331 g/mol. The third-order valence-electron chi connectivity index (χ3n) is 4.30. The minimum absolute atomic E-state index is 0.0238. The number of hydrogen-bond acceptors (Lipinski definition) is 4. The number of benzene rings is 1. The Kier molecular flexibility index (Phi) is 4.86. The van der Waals surface area contributed by atoms with Gasteiger partial charge in [0.25, 0.3) is 5.91 Å². The molecule has 122 valence electrons. The van der Waals surface area contributed by atoms with Gasteiger partial charge in [-0.05, 0) is 29.5 Å². The molecule has 0 bridgehead atoms. The maximum Gasteiger partial charge on any atom is 0.255 e. The molecule has 4 nitrogen and oxygen atoms in total. The molecule has 1 unspecified atom stereocenters. The van der Waals surface area contributed by atoms with Crippen LogP contribution in [0.2, 0.25) is 0 Å². The van der Waals surface area contributed by atoms with E-state index in [1.165, 1.54) is 4.88 Å². The van der Waals surface area contributed by atoms with Gasteiger partial charge in [-0.3, -0.25) is 4.79 Å². The Hall–Kier alpha value is -2.01. The fourth-order valence-electron chi connectivity index (χ4n) is 2.98. The largest absolute Gasteiger partial charge is 0.454 e. The molecule has 5 heteroatoms. The van der Waals surface area contributed by atoms with Crippen LogP contribution in [0, 0.1) is 5.92 Å². The van der Waals surface area contributed by atoms with Crippen molar-refractivity contribution >= 4 is 17.2 Å². The minimum Gasteiger partial charge on any atom is -0.454 e. The fraction of sp³-hybridized carbons (Fsp3) is 0.389. The first-order valence-corrected chi connectivity index (χ1v) is 8.85. The lowest BCUT2D eigenvalue weighted by atomic mass is 9.92. The van der Waals surface area contributed by atoms with Crippen LogP contribution in [0.4, 0.5) is 0 Å². The van der Waals surface area contributed by atoms with Crippen LogP contribution in [-0.4, -0.2) is 12.7 Å². The summed E-state index contributed by atoms with van der Waals surface area (Å²) in [4.78, 5) is 14.0. The minimum atomic E-state index is -0.113. The van der Waals surface area contributed by atoms with E-state index in [0.717, 1.165) is 12.8 Å². The van der Waals surface area contributed by atoms with Crippen molar-refractivity contribution in [2.24, 2.45) is 5.92 Å². The fourth-order valence-corrected chi connectivity index (χ4v) is 3.85. The molecule has 2 heterocycles. The Labute approximate surface area is 140 Å². The van der Waals surface area contributed by atoms with Crippen molar-refractivity contribution in [3.63, 3.8) is 0 Å². The standard InChI is InChI=1S/C18H21NO3S/c1-3-12(4-2)16(15-9-6-10-23-15)19-18(20)13-7-5-8-14-17(13)22-11-21-14/h5-10,12,16H,3-4,11H2,1-2H3,(H,19,20). The highest BCUT2D eigenvalue weighted by Crippen LogP contribution is 2.36. The normalized spacial score (nSPS) is 14.0. The van der Waals surface area contributed by atoms with E-state index in [9.17, 15) is 4.79 Å². The summed E-state index contributed by atoms with van der Waals surface area (Å²) in [6.45, 7) is 4.50. The van der Waals surface area contributed by atoms with E-state index in [-0.39, 0.29) is 18.7 Å². The second-order valence-corrected chi connectivity index (χ2v) is 6.56. The highest BCUT2D eigenvalue weighted by atomic mass is 32.1. The van der Waals surface area contributed by atoms with Crippen LogP contribution >= 0.6 is 11.3 Å². The zero-order chi connectivity index (χ0) is 16.2. The van der Waals surface area contributed by atoms with E-state index in [1.54, 1.807) is 17.4 Å². The SMILES string of the molecule is CCC(CC)C(NC(=O)c1cccc2c1OCO2)c1cccs1. The Bertz CT molecular complexity index is 665. The van der Waals surface area contributed by atoms with E-state index < -0.39 is 0 Å². The van der Waals surface area contributed by atoms with Crippen molar-refractivity contribution in [1.82, 2.24) is 5.32 Å². The molecule has 0 saturated heterocycles. The number of para-hydroxylation sites is 1. The molecule has 0 fully saturated rings. The number of amides is 1. The lowest BCUT2D eigenvalue weighted by molar-refractivity contribution is 0.0916. The molecular formula is C18H21NO3S. The van der Waals surface area contributed by atoms with Crippen LogP contribution < -0.4 is 14.8 Å². The molecule has 1 aromatic heterocycles. The van der Waals surface area contributed by atoms with Gasteiger partial charge in [0.05, 0.1) is 11.6 Å². The molecule has 0 saturated carbocycles. The van der Waals surface area contributed by atoms with Gasteiger partial charge < -0.3 is 14.8 Å². The van der Waals surface area contributed by atoms with E-state index in [2.05, 4.69) is 25.2 Å². The number of rotatable bonds is 6. The molecule has 1 aliphatic rings. The van der Waals surface area contributed by atoms with Crippen molar-refractivity contribution in [1.29, 1.82) is 0 Å². The van der Waals surface area contributed by atoms with Crippen LogP contribution in [0.1, 0.15) is 48.0 Å². The summed E-state index contributed by atoms with van der Waals surface area (Å²) in [6, 6.07) is 9.55. The number of nitrogens with one attached hydrogen (secondary N) is 1.